The number of carbonyl (C=O) groups excluding carboxylic acids is 2. The van der Waals surface area contributed by atoms with E-state index in [0.717, 1.165) is 16.5 Å². The second-order valence-corrected chi connectivity index (χ2v) is 5.38. The van der Waals surface area contributed by atoms with Crippen LogP contribution in [-0.2, 0) is 16.0 Å². The standard InChI is InChI=1S/C16H21N3O2/c1-11(16(21)19(2)3)18-15(20)9-8-12-10-17-14-7-5-4-6-13(12)14/h4-7,10-11,17H,8-9H2,1-3H3,(H,18,20). The highest BCUT2D eigenvalue weighted by Crippen LogP contribution is 2.18. The maximum Gasteiger partial charge on any atom is 0.244 e. The number of likely N-dealkylation sites (N-methyl/N-ethyl adjacent to an activating group) is 1. The van der Waals surface area contributed by atoms with Gasteiger partial charge in [-0.15, -0.1) is 0 Å². The molecule has 2 N–H and O–H groups in total. The molecule has 0 aliphatic carbocycles. The van der Waals surface area contributed by atoms with Crippen LogP contribution in [0.1, 0.15) is 18.9 Å². The largest absolute Gasteiger partial charge is 0.361 e. The Morgan fingerprint density at radius 2 is 2.00 bits per heavy atom. The highest BCUT2D eigenvalue weighted by Gasteiger charge is 2.17. The zero-order valence-corrected chi connectivity index (χ0v) is 12.6. The third-order valence-corrected chi connectivity index (χ3v) is 3.49. The van der Waals surface area contributed by atoms with Crippen molar-refractivity contribution in [3.8, 4) is 0 Å². The molecule has 1 heterocycles. The summed E-state index contributed by atoms with van der Waals surface area (Å²) in [5, 5.41) is 3.87. The van der Waals surface area contributed by atoms with Crippen LogP contribution >= 0.6 is 0 Å². The topological polar surface area (TPSA) is 65.2 Å². The predicted molar refractivity (Wildman–Crippen MR) is 82.9 cm³/mol. The Morgan fingerprint density at radius 3 is 2.71 bits per heavy atom. The van der Waals surface area contributed by atoms with Crippen LogP contribution in [0, 0.1) is 0 Å². The molecule has 0 bridgehead atoms. The van der Waals surface area contributed by atoms with E-state index in [1.165, 1.54) is 4.90 Å². The Hall–Kier alpha value is -2.30. The summed E-state index contributed by atoms with van der Waals surface area (Å²) in [6, 6.07) is 7.52. The number of carbonyl (C=O) groups is 2. The first kappa shape index (κ1) is 15.1. The Morgan fingerprint density at radius 1 is 1.29 bits per heavy atom. The lowest BCUT2D eigenvalue weighted by Crippen LogP contribution is -2.44. The second-order valence-electron chi connectivity index (χ2n) is 5.38. The number of aromatic nitrogens is 1. The van der Waals surface area contributed by atoms with Gasteiger partial charge in [0.05, 0.1) is 0 Å². The Bertz CT molecular complexity index is 646. The van der Waals surface area contributed by atoms with E-state index in [1.807, 2.05) is 30.5 Å². The highest BCUT2D eigenvalue weighted by atomic mass is 16.2. The quantitative estimate of drug-likeness (QED) is 0.879. The van der Waals surface area contributed by atoms with E-state index >= 15 is 0 Å². The molecule has 0 saturated heterocycles. The number of amides is 2. The van der Waals surface area contributed by atoms with Crippen molar-refractivity contribution in [1.82, 2.24) is 15.2 Å². The van der Waals surface area contributed by atoms with Gasteiger partial charge in [-0.25, -0.2) is 0 Å². The number of hydrogen-bond donors (Lipinski definition) is 2. The molecule has 2 rings (SSSR count). The van der Waals surface area contributed by atoms with Crippen LogP contribution in [0.3, 0.4) is 0 Å². The van der Waals surface area contributed by atoms with Crippen molar-refractivity contribution in [3.05, 3.63) is 36.0 Å². The van der Waals surface area contributed by atoms with Crippen LogP contribution in [0.15, 0.2) is 30.5 Å². The minimum atomic E-state index is -0.490. The molecule has 1 atom stereocenters. The summed E-state index contributed by atoms with van der Waals surface area (Å²) in [6.45, 7) is 1.70. The van der Waals surface area contributed by atoms with Crippen molar-refractivity contribution in [2.75, 3.05) is 14.1 Å². The number of fused-ring (bicyclic) bond motifs is 1. The molecule has 1 aromatic heterocycles. The van der Waals surface area contributed by atoms with Crippen molar-refractivity contribution in [1.29, 1.82) is 0 Å². The Balaban J connectivity index is 1.91. The smallest absolute Gasteiger partial charge is 0.244 e. The number of H-pyrrole nitrogens is 1. The second kappa shape index (κ2) is 6.43. The van der Waals surface area contributed by atoms with Crippen LogP contribution in [0.25, 0.3) is 10.9 Å². The van der Waals surface area contributed by atoms with Gasteiger partial charge >= 0.3 is 0 Å². The fraction of sp³-hybridized carbons (Fsp3) is 0.375. The molecule has 0 aliphatic heterocycles. The van der Waals surface area contributed by atoms with Crippen LogP contribution in [0.4, 0.5) is 0 Å². The summed E-state index contributed by atoms with van der Waals surface area (Å²) < 4.78 is 0. The molecule has 112 valence electrons. The maximum atomic E-state index is 11.9. The monoisotopic (exact) mass is 287 g/mol. The van der Waals surface area contributed by atoms with E-state index < -0.39 is 6.04 Å². The average Bonchev–Trinajstić information content (AvgIpc) is 2.87. The number of nitrogens with zero attached hydrogens (tertiary/aromatic N) is 1. The SMILES string of the molecule is CC(NC(=O)CCc1c[nH]c2ccccc12)C(=O)N(C)C. The fourth-order valence-corrected chi connectivity index (χ4v) is 2.35. The summed E-state index contributed by atoms with van der Waals surface area (Å²) in [7, 11) is 3.36. The third-order valence-electron chi connectivity index (χ3n) is 3.49. The first-order valence-corrected chi connectivity index (χ1v) is 7.04. The van der Waals surface area contributed by atoms with Gasteiger partial charge in [-0.1, -0.05) is 18.2 Å². The van der Waals surface area contributed by atoms with E-state index in [-0.39, 0.29) is 11.8 Å². The molecule has 5 heteroatoms. The summed E-state index contributed by atoms with van der Waals surface area (Å²) in [5.41, 5.74) is 2.19. The zero-order valence-electron chi connectivity index (χ0n) is 12.6. The summed E-state index contributed by atoms with van der Waals surface area (Å²) in [6.07, 6.45) is 2.96. The first-order valence-electron chi connectivity index (χ1n) is 7.04. The molecule has 2 aromatic rings. The number of aryl methyl sites for hydroxylation is 1. The number of rotatable bonds is 5. The first-order chi connectivity index (χ1) is 9.99. The van der Waals surface area contributed by atoms with Gasteiger partial charge in [0.2, 0.25) is 11.8 Å². The third kappa shape index (κ3) is 3.62. The molecular formula is C16H21N3O2. The fourth-order valence-electron chi connectivity index (χ4n) is 2.35. The summed E-state index contributed by atoms with van der Waals surface area (Å²) in [4.78, 5) is 28.3. The molecule has 0 fully saturated rings. The van der Waals surface area contributed by atoms with E-state index in [1.54, 1.807) is 21.0 Å². The van der Waals surface area contributed by atoms with Crippen LogP contribution < -0.4 is 5.32 Å². The van der Waals surface area contributed by atoms with Gasteiger partial charge in [0.15, 0.2) is 0 Å². The van der Waals surface area contributed by atoms with Crippen molar-refractivity contribution >= 4 is 22.7 Å². The maximum absolute atomic E-state index is 11.9. The van der Waals surface area contributed by atoms with Gasteiger partial charge in [-0.3, -0.25) is 9.59 Å². The number of aromatic amines is 1. The zero-order chi connectivity index (χ0) is 15.4. The number of hydrogen-bond acceptors (Lipinski definition) is 2. The predicted octanol–water partition coefficient (Wildman–Crippen LogP) is 1.69. The van der Waals surface area contributed by atoms with Crippen LogP contribution in [0.2, 0.25) is 0 Å². The average molecular weight is 287 g/mol. The van der Waals surface area contributed by atoms with Crippen molar-refractivity contribution in [3.63, 3.8) is 0 Å². The molecule has 0 radical (unpaired) electrons. The molecular weight excluding hydrogens is 266 g/mol. The molecule has 5 nitrogen and oxygen atoms in total. The summed E-state index contributed by atoms with van der Waals surface area (Å²) in [5.74, 6) is -0.210. The molecule has 0 aliphatic rings. The lowest BCUT2D eigenvalue weighted by molar-refractivity contribution is -0.133. The minimum Gasteiger partial charge on any atom is -0.361 e. The molecule has 21 heavy (non-hydrogen) atoms. The number of nitrogens with one attached hydrogen (secondary N) is 2. The van der Waals surface area contributed by atoms with E-state index in [9.17, 15) is 9.59 Å². The van der Waals surface area contributed by atoms with Crippen LogP contribution in [-0.4, -0.2) is 41.8 Å². The normalized spacial score (nSPS) is 12.1. The lowest BCUT2D eigenvalue weighted by atomic mass is 10.1. The van der Waals surface area contributed by atoms with Crippen molar-refractivity contribution in [2.45, 2.75) is 25.8 Å². The summed E-state index contributed by atoms with van der Waals surface area (Å²) >= 11 is 0. The number of benzene rings is 1. The molecule has 0 spiro atoms. The van der Waals surface area contributed by atoms with E-state index in [2.05, 4.69) is 10.3 Å². The van der Waals surface area contributed by atoms with Gasteiger partial charge in [-0.05, 0) is 25.0 Å². The Kier molecular flexibility index (Phi) is 4.62. The van der Waals surface area contributed by atoms with Gasteiger partial charge in [-0.2, -0.15) is 0 Å². The van der Waals surface area contributed by atoms with Crippen molar-refractivity contribution in [2.24, 2.45) is 0 Å². The molecule has 1 unspecified atom stereocenters. The minimum absolute atomic E-state index is 0.101. The van der Waals surface area contributed by atoms with E-state index in [0.29, 0.717) is 12.8 Å². The van der Waals surface area contributed by atoms with Crippen molar-refractivity contribution < 1.29 is 9.59 Å². The van der Waals surface area contributed by atoms with Crippen LogP contribution in [0.5, 0.6) is 0 Å². The van der Waals surface area contributed by atoms with Gasteiger partial charge < -0.3 is 15.2 Å². The Labute approximate surface area is 124 Å². The van der Waals surface area contributed by atoms with Gasteiger partial charge in [0.25, 0.3) is 0 Å². The lowest BCUT2D eigenvalue weighted by Gasteiger charge is -2.17. The molecule has 2 amide bonds. The number of para-hydroxylation sites is 1. The van der Waals surface area contributed by atoms with Gasteiger partial charge in [0, 0.05) is 37.6 Å². The highest BCUT2D eigenvalue weighted by molar-refractivity contribution is 5.88. The van der Waals surface area contributed by atoms with Gasteiger partial charge in [0.1, 0.15) is 6.04 Å². The van der Waals surface area contributed by atoms with E-state index in [4.69, 9.17) is 0 Å². The molecule has 1 aromatic carbocycles. The molecule has 0 saturated carbocycles.